The molecule has 0 atom stereocenters. The highest BCUT2D eigenvalue weighted by molar-refractivity contribution is 7.91. The molecule has 0 spiro atoms. The lowest BCUT2D eigenvalue weighted by Crippen LogP contribution is -2.44. The topological polar surface area (TPSA) is 54.5 Å². The van der Waals surface area contributed by atoms with Crippen LogP contribution in [0.1, 0.15) is 12.0 Å². The van der Waals surface area contributed by atoms with Crippen molar-refractivity contribution >= 4 is 27.3 Å². The highest BCUT2D eigenvalue weighted by Crippen LogP contribution is 2.20. The van der Waals surface area contributed by atoms with E-state index in [0.717, 1.165) is 18.6 Å². The number of amides is 1. The molecule has 1 heterocycles. The molecular weight excluding hydrogens is 293 g/mol. The molecule has 19 heavy (non-hydrogen) atoms. The number of hydrogen-bond acceptors (Lipinski definition) is 3. The van der Waals surface area contributed by atoms with Gasteiger partial charge in [-0.15, -0.1) is 0 Å². The van der Waals surface area contributed by atoms with Crippen molar-refractivity contribution in [2.24, 2.45) is 0 Å². The molecule has 0 bridgehead atoms. The molecule has 4 nitrogen and oxygen atoms in total. The van der Waals surface area contributed by atoms with E-state index in [1.165, 1.54) is 11.0 Å². The first-order valence-corrected chi connectivity index (χ1v) is 7.99. The summed E-state index contributed by atoms with van der Waals surface area (Å²) >= 11 is 5.77. The third-order valence-corrected chi connectivity index (χ3v) is 4.73. The van der Waals surface area contributed by atoms with Crippen LogP contribution in [0, 0.1) is 5.82 Å². The minimum absolute atomic E-state index is 0.0555. The van der Waals surface area contributed by atoms with Crippen LogP contribution in [0.5, 0.6) is 0 Å². The SMILES string of the molecule is O=C(CS(=O)(=O)Cc1ccc(F)cc1Cl)N1CCC1. The molecule has 1 aromatic carbocycles. The van der Waals surface area contributed by atoms with Gasteiger partial charge in [0, 0.05) is 18.1 Å². The normalized spacial score (nSPS) is 15.2. The lowest BCUT2D eigenvalue weighted by atomic mass is 10.2. The van der Waals surface area contributed by atoms with Crippen molar-refractivity contribution in [2.75, 3.05) is 18.8 Å². The van der Waals surface area contributed by atoms with Gasteiger partial charge < -0.3 is 4.90 Å². The fourth-order valence-electron chi connectivity index (χ4n) is 1.77. The van der Waals surface area contributed by atoms with Gasteiger partial charge in [0.2, 0.25) is 5.91 Å². The predicted molar refractivity (Wildman–Crippen MR) is 70.1 cm³/mol. The molecule has 0 saturated carbocycles. The summed E-state index contributed by atoms with van der Waals surface area (Å²) in [6.07, 6.45) is 0.912. The number of benzene rings is 1. The van der Waals surface area contributed by atoms with Crippen LogP contribution in [0.2, 0.25) is 5.02 Å². The monoisotopic (exact) mass is 305 g/mol. The van der Waals surface area contributed by atoms with Crippen molar-refractivity contribution in [2.45, 2.75) is 12.2 Å². The Bertz CT molecular complexity index is 599. The summed E-state index contributed by atoms with van der Waals surface area (Å²) in [5.41, 5.74) is 0.305. The Kier molecular flexibility index (Phi) is 4.10. The third kappa shape index (κ3) is 3.67. The number of likely N-dealkylation sites (tertiary alicyclic amines) is 1. The van der Waals surface area contributed by atoms with E-state index in [2.05, 4.69) is 0 Å². The van der Waals surface area contributed by atoms with Gasteiger partial charge in [0.05, 0.1) is 5.75 Å². The average molecular weight is 306 g/mol. The van der Waals surface area contributed by atoms with Crippen LogP contribution in [-0.4, -0.2) is 38.1 Å². The van der Waals surface area contributed by atoms with Gasteiger partial charge in [-0.2, -0.15) is 0 Å². The second-order valence-corrected chi connectivity index (χ2v) is 6.97. The first kappa shape index (κ1) is 14.3. The molecule has 0 aliphatic carbocycles. The molecule has 1 aromatic rings. The summed E-state index contributed by atoms with van der Waals surface area (Å²) in [7, 11) is -3.59. The number of hydrogen-bond donors (Lipinski definition) is 0. The summed E-state index contributed by atoms with van der Waals surface area (Å²) in [5, 5.41) is 0.0555. The van der Waals surface area contributed by atoms with E-state index in [0.29, 0.717) is 18.7 Å². The molecule has 1 amide bonds. The third-order valence-electron chi connectivity index (χ3n) is 2.94. The van der Waals surface area contributed by atoms with Crippen molar-refractivity contribution < 1.29 is 17.6 Å². The molecule has 0 aromatic heterocycles. The first-order valence-electron chi connectivity index (χ1n) is 5.79. The molecular formula is C12H13ClFNO3S. The fourth-order valence-corrected chi connectivity index (χ4v) is 3.47. The molecule has 1 fully saturated rings. The summed E-state index contributed by atoms with van der Waals surface area (Å²) in [6.45, 7) is 1.23. The predicted octanol–water partition coefficient (Wildman–Crippen LogP) is 1.63. The Hall–Kier alpha value is -1.14. The van der Waals surface area contributed by atoms with Gasteiger partial charge >= 0.3 is 0 Å². The average Bonchev–Trinajstić information content (AvgIpc) is 2.18. The molecule has 1 aliphatic rings. The minimum Gasteiger partial charge on any atom is -0.342 e. The van der Waals surface area contributed by atoms with Crippen molar-refractivity contribution in [3.63, 3.8) is 0 Å². The van der Waals surface area contributed by atoms with Crippen LogP contribution in [0.15, 0.2) is 18.2 Å². The second-order valence-electron chi connectivity index (χ2n) is 4.50. The van der Waals surface area contributed by atoms with Crippen molar-refractivity contribution in [1.82, 2.24) is 4.90 Å². The zero-order valence-electron chi connectivity index (χ0n) is 10.1. The van der Waals surface area contributed by atoms with E-state index in [4.69, 9.17) is 11.6 Å². The van der Waals surface area contributed by atoms with E-state index in [-0.39, 0.29) is 16.7 Å². The van der Waals surface area contributed by atoms with Gasteiger partial charge in [-0.05, 0) is 24.1 Å². The van der Waals surface area contributed by atoms with Crippen LogP contribution in [0.3, 0.4) is 0 Å². The highest BCUT2D eigenvalue weighted by atomic mass is 35.5. The lowest BCUT2D eigenvalue weighted by Gasteiger charge is -2.30. The van der Waals surface area contributed by atoms with Crippen LogP contribution in [0.25, 0.3) is 0 Å². The standard InChI is InChI=1S/C12H13ClFNO3S/c13-11-6-10(14)3-2-9(11)7-19(17,18)8-12(16)15-4-1-5-15/h2-3,6H,1,4-5,7-8H2. The van der Waals surface area contributed by atoms with E-state index >= 15 is 0 Å². The van der Waals surface area contributed by atoms with Gasteiger partial charge in [-0.1, -0.05) is 17.7 Å². The summed E-state index contributed by atoms with van der Waals surface area (Å²) in [6, 6.07) is 3.53. The zero-order valence-corrected chi connectivity index (χ0v) is 11.7. The Morgan fingerprint density at radius 2 is 2.05 bits per heavy atom. The first-order chi connectivity index (χ1) is 8.87. The van der Waals surface area contributed by atoms with Crippen molar-refractivity contribution in [3.8, 4) is 0 Å². The molecule has 1 aliphatic heterocycles. The van der Waals surface area contributed by atoms with E-state index < -0.39 is 21.4 Å². The maximum atomic E-state index is 12.9. The fraction of sp³-hybridized carbons (Fsp3) is 0.417. The molecule has 7 heteroatoms. The number of halogens is 2. The number of carbonyl (C=O) groups is 1. The van der Waals surface area contributed by atoms with Gasteiger partial charge in [-0.25, -0.2) is 12.8 Å². The smallest absolute Gasteiger partial charge is 0.237 e. The summed E-state index contributed by atoms with van der Waals surface area (Å²) in [5.74, 6) is -1.79. The minimum atomic E-state index is -3.59. The summed E-state index contributed by atoms with van der Waals surface area (Å²) < 4.78 is 36.6. The van der Waals surface area contributed by atoms with Crippen molar-refractivity contribution in [1.29, 1.82) is 0 Å². The Morgan fingerprint density at radius 3 is 2.58 bits per heavy atom. The van der Waals surface area contributed by atoms with Gasteiger partial charge in [0.15, 0.2) is 9.84 Å². The highest BCUT2D eigenvalue weighted by Gasteiger charge is 2.26. The summed E-state index contributed by atoms with van der Waals surface area (Å²) in [4.78, 5) is 13.1. The maximum Gasteiger partial charge on any atom is 0.237 e. The zero-order chi connectivity index (χ0) is 14.0. The molecule has 0 unspecified atom stereocenters. The number of rotatable bonds is 4. The van der Waals surface area contributed by atoms with Crippen LogP contribution < -0.4 is 0 Å². The van der Waals surface area contributed by atoms with E-state index in [9.17, 15) is 17.6 Å². The second kappa shape index (κ2) is 5.46. The number of nitrogens with zero attached hydrogens (tertiary/aromatic N) is 1. The molecule has 1 saturated heterocycles. The lowest BCUT2D eigenvalue weighted by molar-refractivity contribution is -0.131. The van der Waals surface area contributed by atoms with Crippen LogP contribution >= 0.6 is 11.6 Å². The van der Waals surface area contributed by atoms with E-state index in [1.807, 2.05) is 0 Å². The molecule has 2 rings (SSSR count). The van der Waals surface area contributed by atoms with Gasteiger partial charge in [0.1, 0.15) is 11.6 Å². The molecule has 0 radical (unpaired) electrons. The maximum absolute atomic E-state index is 12.9. The number of carbonyl (C=O) groups excluding carboxylic acids is 1. The molecule has 0 N–H and O–H groups in total. The quantitative estimate of drug-likeness (QED) is 0.849. The van der Waals surface area contributed by atoms with Crippen LogP contribution in [-0.2, 0) is 20.4 Å². The Labute approximate surface area is 116 Å². The Balaban J connectivity index is 2.05. The van der Waals surface area contributed by atoms with Crippen molar-refractivity contribution in [3.05, 3.63) is 34.6 Å². The van der Waals surface area contributed by atoms with Gasteiger partial charge in [0.25, 0.3) is 0 Å². The Morgan fingerprint density at radius 1 is 1.37 bits per heavy atom. The van der Waals surface area contributed by atoms with E-state index in [1.54, 1.807) is 0 Å². The van der Waals surface area contributed by atoms with Crippen LogP contribution in [0.4, 0.5) is 4.39 Å². The number of sulfone groups is 1. The largest absolute Gasteiger partial charge is 0.342 e. The molecule has 104 valence electrons. The van der Waals surface area contributed by atoms with Gasteiger partial charge in [-0.3, -0.25) is 4.79 Å².